The second-order valence-corrected chi connectivity index (χ2v) is 5.62. The monoisotopic (exact) mass is 305 g/mol. The first-order valence-electron chi connectivity index (χ1n) is 7.85. The predicted molar refractivity (Wildman–Crippen MR) is 99.1 cm³/mol. The van der Waals surface area contributed by atoms with Gasteiger partial charge >= 0.3 is 0 Å². The number of ketones is 1. The molecule has 2 heteroatoms. The third kappa shape index (κ3) is 4.96. The van der Waals surface area contributed by atoms with E-state index in [1.54, 1.807) is 12.2 Å². The topological polar surface area (TPSA) is 20.3 Å². The zero-order valence-corrected chi connectivity index (χ0v) is 14.0. The van der Waals surface area contributed by atoms with Gasteiger partial charge in [-0.1, -0.05) is 61.5 Å². The fraction of sp³-hybridized carbons (Fsp3) is 0.190. The number of carbonyl (C=O) groups excluding carboxylic acids is 1. The van der Waals surface area contributed by atoms with Gasteiger partial charge in [-0.15, -0.1) is 0 Å². The van der Waals surface area contributed by atoms with Gasteiger partial charge in [0.15, 0.2) is 5.78 Å². The van der Waals surface area contributed by atoms with Crippen molar-refractivity contribution < 1.29 is 4.79 Å². The zero-order chi connectivity index (χ0) is 16.7. The molecule has 0 aliphatic rings. The molecule has 0 bridgehead atoms. The maximum absolute atomic E-state index is 12.0. The standard InChI is InChI=1S/C21H23NO/c1-4-17-9-13-19(14-10-17)21(23)8-6-5-7-18-11-15-20(16-12-18)22(2)3/h5-16H,4H2,1-3H3/b7-5+,8-6+. The van der Waals surface area contributed by atoms with Crippen LogP contribution in [0, 0.1) is 0 Å². The second kappa shape index (κ2) is 8.14. The molecule has 0 N–H and O–H groups in total. The van der Waals surface area contributed by atoms with E-state index in [0.29, 0.717) is 0 Å². The van der Waals surface area contributed by atoms with Crippen LogP contribution in [-0.2, 0) is 6.42 Å². The molecule has 0 atom stereocenters. The van der Waals surface area contributed by atoms with Crippen molar-refractivity contribution >= 4 is 17.5 Å². The largest absolute Gasteiger partial charge is 0.378 e. The fourth-order valence-corrected chi connectivity index (χ4v) is 2.19. The molecular weight excluding hydrogens is 282 g/mol. The number of benzene rings is 2. The lowest BCUT2D eigenvalue weighted by Crippen LogP contribution is -2.07. The van der Waals surface area contributed by atoms with E-state index in [4.69, 9.17) is 0 Å². The summed E-state index contributed by atoms with van der Waals surface area (Å²) in [6.45, 7) is 2.10. The normalized spacial score (nSPS) is 11.3. The average Bonchev–Trinajstić information content (AvgIpc) is 2.59. The highest BCUT2D eigenvalue weighted by atomic mass is 16.1. The van der Waals surface area contributed by atoms with E-state index in [1.165, 1.54) is 11.3 Å². The predicted octanol–water partition coefficient (Wildman–Crippen LogP) is 4.77. The number of allylic oxidation sites excluding steroid dienone is 3. The summed E-state index contributed by atoms with van der Waals surface area (Å²) >= 11 is 0. The summed E-state index contributed by atoms with van der Waals surface area (Å²) in [6.07, 6.45) is 8.26. The number of carbonyl (C=O) groups is 1. The Morgan fingerprint density at radius 2 is 1.61 bits per heavy atom. The summed E-state index contributed by atoms with van der Waals surface area (Å²) in [6, 6.07) is 16.0. The third-order valence-corrected chi connectivity index (χ3v) is 3.70. The van der Waals surface area contributed by atoms with E-state index in [0.717, 1.165) is 17.5 Å². The van der Waals surface area contributed by atoms with Crippen molar-refractivity contribution in [2.45, 2.75) is 13.3 Å². The number of anilines is 1. The second-order valence-electron chi connectivity index (χ2n) is 5.62. The van der Waals surface area contributed by atoms with Crippen molar-refractivity contribution in [2.24, 2.45) is 0 Å². The lowest BCUT2D eigenvalue weighted by atomic mass is 10.1. The lowest BCUT2D eigenvalue weighted by Gasteiger charge is -2.11. The van der Waals surface area contributed by atoms with Gasteiger partial charge in [-0.2, -0.15) is 0 Å². The summed E-state index contributed by atoms with van der Waals surface area (Å²) in [5.74, 6) is 0.0280. The Balaban J connectivity index is 1.95. The van der Waals surface area contributed by atoms with Crippen molar-refractivity contribution in [2.75, 3.05) is 19.0 Å². The highest BCUT2D eigenvalue weighted by Gasteiger charge is 2.00. The van der Waals surface area contributed by atoms with Crippen molar-refractivity contribution in [3.05, 3.63) is 83.4 Å². The molecule has 2 aromatic carbocycles. The van der Waals surface area contributed by atoms with Gasteiger partial charge in [0.1, 0.15) is 0 Å². The maximum Gasteiger partial charge on any atom is 0.185 e. The Labute approximate surface area is 138 Å². The van der Waals surface area contributed by atoms with Crippen molar-refractivity contribution in [1.29, 1.82) is 0 Å². The molecule has 2 nitrogen and oxygen atoms in total. The molecule has 0 fully saturated rings. The van der Waals surface area contributed by atoms with Crippen LogP contribution in [0.15, 0.2) is 66.8 Å². The molecule has 0 unspecified atom stereocenters. The van der Waals surface area contributed by atoms with Crippen molar-refractivity contribution in [3.8, 4) is 0 Å². The number of hydrogen-bond donors (Lipinski definition) is 0. The number of rotatable bonds is 6. The van der Waals surface area contributed by atoms with E-state index >= 15 is 0 Å². The van der Waals surface area contributed by atoms with Crippen molar-refractivity contribution in [1.82, 2.24) is 0 Å². The smallest absolute Gasteiger partial charge is 0.185 e. The third-order valence-electron chi connectivity index (χ3n) is 3.70. The van der Waals surface area contributed by atoms with Gasteiger partial charge in [-0.25, -0.2) is 0 Å². The fourth-order valence-electron chi connectivity index (χ4n) is 2.19. The number of hydrogen-bond acceptors (Lipinski definition) is 2. The van der Waals surface area contributed by atoms with E-state index < -0.39 is 0 Å². The molecule has 0 heterocycles. The molecule has 0 aromatic heterocycles. The van der Waals surface area contributed by atoms with Crippen LogP contribution >= 0.6 is 0 Å². The molecule has 23 heavy (non-hydrogen) atoms. The summed E-state index contributed by atoms with van der Waals surface area (Å²) in [5.41, 5.74) is 4.25. The highest BCUT2D eigenvalue weighted by Crippen LogP contribution is 2.13. The first kappa shape index (κ1) is 16.8. The van der Waals surface area contributed by atoms with Gasteiger partial charge in [0.2, 0.25) is 0 Å². The van der Waals surface area contributed by atoms with Crippen LogP contribution in [0.1, 0.15) is 28.4 Å². The van der Waals surface area contributed by atoms with Gasteiger partial charge in [0.05, 0.1) is 0 Å². The molecular formula is C21H23NO. The molecule has 0 saturated heterocycles. The minimum atomic E-state index is 0.0280. The highest BCUT2D eigenvalue weighted by molar-refractivity contribution is 6.04. The average molecular weight is 305 g/mol. The summed E-state index contributed by atoms with van der Waals surface area (Å²) in [4.78, 5) is 14.1. The Hall–Kier alpha value is -2.61. The molecule has 118 valence electrons. The van der Waals surface area contributed by atoms with E-state index in [9.17, 15) is 4.79 Å². The Kier molecular flexibility index (Phi) is 5.93. The van der Waals surface area contributed by atoms with Gasteiger partial charge < -0.3 is 4.90 Å². The molecule has 0 saturated carbocycles. The molecule has 0 radical (unpaired) electrons. The molecule has 0 spiro atoms. The van der Waals surface area contributed by atoms with Gasteiger partial charge in [-0.05, 0) is 35.8 Å². The van der Waals surface area contributed by atoms with Crippen LogP contribution in [0.5, 0.6) is 0 Å². The zero-order valence-electron chi connectivity index (χ0n) is 14.0. The van der Waals surface area contributed by atoms with Gasteiger partial charge in [0, 0.05) is 25.3 Å². The summed E-state index contributed by atoms with van der Waals surface area (Å²) < 4.78 is 0. The minimum Gasteiger partial charge on any atom is -0.378 e. The van der Waals surface area contributed by atoms with Crippen LogP contribution in [0.3, 0.4) is 0 Å². The van der Waals surface area contributed by atoms with Crippen molar-refractivity contribution in [3.63, 3.8) is 0 Å². The molecule has 2 aromatic rings. The Morgan fingerprint density at radius 3 is 2.17 bits per heavy atom. The minimum absolute atomic E-state index is 0.0280. The van der Waals surface area contributed by atoms with Crippen LogP contribution in [0.2, 0.25) is 0 Å². The van der Waals surface area contributed by atoms with Gasteiger partial charge in [-0.3, -0.25) is 4.79 Å². The molecule has 0 aliphatic heterocycles. The maximum atomic E-state index is 12.0. The van der Waals surface area contributed by atoms with Gasteiger partial charge in [0.25, 0.3) is 0 Å². The first-order chi connectivity index (χ1) is 11.1. The quantitative estimate of drug-likeness (QED) is 0.435. The molecule has 0 aliphatic carbocycles. The first-order valence-corrected chi connectivity index (χ1v) is 7.85. The van der Waals surface area contributed by atoms with Crippen LogP contribution < -0.4 is 4.90 Å². The Morgan fingerprint density at radius 1 is 0.957 bits per heavy atom. The molecule has 2 rings (SSSR count). The van der Waals surface area contributed by atoms with E-state index in [2.05, 4.69) is 36.1 Å². The van der Waals surface area contributed by atoms with E-state index in [-0.39, 0.29) is 5.78 Å². The van der Waals surface area contributed by atoms with Crippen LogP contribution in [-0.4, -0.2) is 19.9 Å². The molecule has 0 amide bonds. The Bertz CT molecular complexity index is 692. The van der Waals surface area contributed by atoms with Crippen LogP contribution in [0.4, 0.5) is 5.69 Å². The SMILES string of the molecule is CCc1ccc(C(=O)/C=C/C=C/c2ccc(N(C)C)cc2)cc1. The van der Waals surface area contributed by atoms with E-state index in [1.807, 2.05) is 50.5 Å². The summed E-state index contributed by atoms with van der Waals surface area (Å²) in [7, 11) is 4.04. The number of nitrogens with zero attached hydrogens (tertiary/aromatic N) is 1. The summed E-state index contributed by atoms with van der Waals surface area (Å²) in [5, 5.41) is 0. The number of aryl methyl sites for hydroxylation is 1. The van der Waals surface area contributed by atoms with Crippen LogP contribution in [0.25, 0.3) is 6.08 Å². The lowest BCUT2D eigenvalue weighted by molar-refractivity contribution is 0.104.